The lowest BCUT2D eigenvalue weighted by molar-refractivity contribution is 0.0948. The van der Waals surface area contributed by atoms with E-state index in [-0.39, 0.29) is 11.8 Å². The molecule has 0 saturated heterocycles. The van der Waals surface area contributed by atoms with Crippen LogP contribution in [-0.4, -0.2) is 26.0 Å². The van der Waals surface area contributed by atoms with E-state index in [2.05, 4.69) is 5.32 Å². The second-order valence-electron chi connectivity index (χ2n) is 6.31. The molecule has 0 bridgehead atoms. The first-order valence-electron chi connectivity index (χ1n) is 8.93. The zero-order valence-corrected chi connectivity index (χ0v) is 15.9. The van der Waals surface area contributed by atoms with Crippen molar-refractivity contribution in [3.05, 3.63) is 95.6 Å². The quantitative estimate of drug-likeness (QED) is 0.712. The summed E-state index contributed by atoms with van der Waals surface area (Å²) in [4.78, 5) is 26.5. The van der Waals surface area contributed by atoms with Crippen LogP contribution in [0.4, 0.5) is 5.69 Å². The highest BCUT2D eigenvalue weighted by Crippen LogP contribution is 2.16. The number of nitrogens with one attached hydrogen (secondary N) is 1. The Balaban J connectivity index is 1.61. The molecule has 28 heavy (non-hydrogen) atoms. The van der Waals surface area contributed by atoms with Gasteiger partial charge in [-0.25, -0.2) is 0 Å². The van der Waals surface area contributed by atoms with E-state index < -0.39 is 0 Å². The van der Waals surface area contributed by atoms with E-state index in [1.807, 2.05) is 54.6 Å². The van der Waals surface area contributed by atoms with Gasteiger partial charge in [0, 0.05) is 30.4 Å². The number of methoxy groups -OCH3 is 1. The molecule has 5 heteroatoms. The van der Waals surface area contributed by atoms with E-state index in [1.54, 1.807) is 43.3 Å². The maximum atomic E-state index is 12.6. The minimum atomic E-state index is -0.189. The molecule has 0 fully saturated rings. The Labute approximate surface area is 164 Å². The summed E-state index contributed by atoms with van der Waals surface area (Å²) in [5, 5.41) is 2.87. The molecule has 0 radical (unpaired) electrons. The molecule has 2 amide bonds. The first kappa shape index (κ1) is 19.2. The molecule has 142 valence electrons. The van der Waals surface area contributed by atoms with Gasteiger partial charge in [-0.2, -0.15) is 0 Å². The van der Waals surface area contributed by atoms with E-state index in [0.29, 0.717) is 17.7 Å². The van der Waals surface area contributed by atoms with E-state index in [0.717, 1.165) is 17.0 Å². The molecular weight excluding hydrogens is 352 g/mol. The van der Waals surface area contributed by atoms with E-state index in [4.69, 9.17) is 4.74 Å². The fraction of sp³-hybridized carbons (Fsp3) is 0.130. The van der Waals surface area contributed by atoms with Crippen LogP contribution < -0.4 is 15.0 Å². The Bertz CT molecular complexity index is 936. The number of para-hydroxylation sites is 1. The molecule has 0 aliphatic rings. The molecule has 3 aromatic carbocycles. The summed E-state index contributed by atoms with van der Waals surface area (Å²) >= 11 is 0. The number of hydrogen-bond donors (Lipinski definition) is 1. The molecule has 5 nitrogen and oxygen atoms in total. The van der Waals surface area contributed by atoms with Gasteiger partial charge in [0.15, 0.2) is 0 Å². The standard InChI is InChI=1S/C23H22N2O3/c1-25(20-6-4-3-5-7-20)23(27)19-12-10-18(11-13-19)22(26)24-16-17-8-14-21(28-2)15-9-17/h3-15H,16H2,1-2H3,(H,24,26). The predicted molar refractivity (Wildman–Crippen MR) is 110 cm³/mol. The molecule has 1 N–H and O–H groups in total. The van der Waals surface area contributed by atoms with Crippen LogP contribution in [0.2, 0.25) is 0 Å². The molecular formula is C23H22N2O3. The average Bonchev–Trinajstić information content (AvgIpc) is 2.77. The monoisotopic (exact) mass is 374 g/mol. The molecule has 0 aliphatic carbocycles. The summed E-state index contributed by atoms with van der Waals surface area (Å²) < 4.78 is 5.12. The fourth-order valence-corrected chi connectivity index (χ4v) is 2.75. The smallest absolute Gasteiger partial charge is 0.258 e. The summed E-state index contributed by atoms with van der Waals surface area (Å²) in [6, 6.07) is 23.6. The Hall–Kier alpha value is -3.60. The molecule has 0 unspecified atom stereocenters. The second kappa shape index (κ2) is 8.86. The SMILES string of the molecule is COc1ccc(CNC(=O)c2ccc(C(=O)N(C)c3ccccc3)cc2)cc1. The molecule has 0 aromatic heterocycles. The number of carbonyl (C=O) groups excluding carboxylic acids is 2. The van der Waals surface area contributed by atoms with Crippen molar-refractivity contribution in [2.45, 2.75) is 6.54 Å². The molecule has 0 saturated carbocycles. The van der Waals surface area contributed by atoms with E-state index in [1.165, 1.54) is 0 Å². The van der Waals surface area contributed by atoms with Gasteiger partial charge in [-0.05, 0) is 54.1 Å². The topological polar surface area (TPSA) is 58.6 Å². The van der Waals surface area contributed by atoms with Gasteiger partial charge in [-0.1, -0.05) is 30.3 Å². The van der Waals surface area contributed by atoms with Crippen molar-refractivity contribution in [1.82, 2.24) is 5.32 Å². The third kappa shape index (κ3) is 4.57. The van der Waals surface area contributed by atoms with Crippen LogP contribution in [0, 0.1) is 0 Å². The molecule has 0 spiro atoms. The van der Waals surface area contributed by atoms with Crippen LogP contribution >= 0.6 is 0 Å². The van der Waals surface area contributed by atoms with Crippen LogP contribution in [0.3, 0.4) is 0 Å². The number of anilines is 1. The van der Waals surface area contributed by atoms with Crippen molar-refractivity contribution < 1.29 is 14.3 Å². The number of ether oxygens (including phenoxy) is 1. The third-order valence-corrected chi connectivity index (χ3v) is 4.45. The van der Waals surface area contributed by atoms with Crippen molar-refractivity contribution in [2.24, 2.45) is 0 Å². The molecule has 0 heterocycles. The van der Waals surface area contributed by atoms with Crippen LogP contribution in [0.25, 0.3) is 0 Å². The summed E-state index contributed by atoms with van der Waals surface area (Å²) in [5.41, 5.74) is 2.82. The highest BCUT2D eigenvalue weighted by Gasteiger charge is 2.14. The first-order chi connectivity index (χ1) is 13.6. The summed E-state index contributed by atoms with van der Waals surface area (Å²) in [6.45, 7) is 0.417. The van der Waals surface area contributed by atoms with Crippen LogP contribution in [0.15, 0.2) is 78.9 Å². The average molecular weight is 374 g/mol. The maximum absolute atomic E-state index is 12.6. The van der Waals surface area contributed by atoms with Crippen molar-refractivity contribution in [2.75, 3.05) is 19.1 Å². The summed E-state index contributed by atoms with van der Waals surface area (Å²) in [6.07, 6.45) is 0. The molecule has 0 atom stereocenters. The van der Waals surface area contributed by atoms with Crippen LogP contribution in [0.5, 0.6) is 5.75 Å². The highest BCUT2D eigenvalue weighted by atomic mass is 16.5. The number of nitrogens with zero attached hydrogens (tertiary/aromatic N) is 1. The number of carbonyl (C=O) groups is 2. The van der Waals surface area contributed by atoms with Gasteiger partial charge < -0.3 is 15.0 Å². The largest absolute Gasteiger partial charge is 0.497 e. The zero-order valence-electron chi connectivity index (χ0n) is 15.9. The number of hydrogen-bond acceptors (Lipinski definition) is 3. The first-order valence-corrected chi connectivity index (χ1v) is 8.93. The highest BCUT2D eigenvalue weighted by molar-refractivity contribution is 6.06. The Morgan fingerprint density at radius 2 is 1.46 bits per heavy atom. The Morgan fingerprint density at radius 1 is 0.857 bits per heavy atom. The van der Waals surface area contributed by atoms with Gasteiger partial charge in [0.05, 0.1) is 7.11 Å². The lowest BCUT2D eigenvalue weighted by Gasteiger charge is -2.17. The van der Waals surface area contributed by atoms with Gasteiger partial charge in [0.25, 0.3) is 11.8 Å². The number of amides is 2. The number of rotatable bonds is 6. The van der Waals surface area contributed by atoms with E-state index >= 15 is 0 Å². The second-order valence-corrected chi connectivity index (χ2v) is 6.31. The van der Waals surface area contributed by atoms with Gasteiger partial charge >= 0.3 is 0 Å². The van der Waals surface area contributed by atoms with Gasteiger partial charge in [-0.15, -0.1) is 0 Å². The van der Waals surface area contributed by atoms with Crippen molar-refractivity contribution in [3.63, 3.8) is 0 Å². The Morgan fingerprint density at radius 3 is 2.07 bits per heavy atom. The van der Waals surface area contributed by atoms with Gasteiger partial charge in [0.2, 0.25) is 0 Å². The lowest BCUT2D eigenvalue weighted by atomic mass is 10.1. The van der Waals surface area contributed by atoms with Crippen molar-refractivity contribution in [3.8, 4) is 5.75 Å². The van der Waals surface area contributed by atoms with Crippen molar-refractivity contribution in [1.29, 1.82) is 0 Å². The molecule has 0 aliphatic heterocycles. The molecule has 3 aromatic rings. The Kier molecular flexibility index (Phi) is 6.07. The zero-order chi connectivity index (χ0) is 19.9. The van der Waals surface area contributed by atoms with Gasteiger partial charge in [0.1, 0.15) is 5.75 Å². The summed E-state index contributed by atoms with van der Waals surface area (Å²) in [7, 11) is 3.34. The minimum absolute atomic E-state index is 0.128. The third-order valence-electron chi connectivity index (χ3n) is 4.45. The van der Waals surface area contributed by atoms with Gasteiger partial charge in [-0.3, -0.25) is 9.59 Å². The fourth-order valence-electron chi connectivity index (χ4n) is 2.75. The van der Waals surface area contributed by atoms with E-state index in [9.17, 15) is 9.59 Å². The normalized spacial score (nSPS) is 10.2. The van der Waals surface area contributed by atoms with Crippen LogP contribution in [0.1, 0.15) is 26.3 Å². The van der Waals surface area contributed by atoms with Crippen molar-refractivity contribution >= 4 is 17.5 Å². The van der Waals surface area contributed by atoms with Crippen LogP contribution in [-0.2, 0) is 6.54 Å². The molecule has 3 rings (SSSR count). The predicted octanol–water partition coefficient (Wildman–Crippen LogP) is 3.90. The number of benzene rings is 3. The minimum Gasteiger partial charge on any atom is -0.497 e. The maximum Gasteiger partial charge on any atom is 0.258 e. The summed E-state index contributed by atoms with van der Waals surface area (Å²) in [5.74, 6) is 0.457. The lowest BCUT2D eigenvalue weighted by Crippen LogP contribution is -2.26.